The number of fused-ring (bicyclic) bond motifs is 1. The predicted molar refractivity (Wildman–Crippen MR) is 74.5 cm³/mol. The minimum atomic E-state index is 0.943. The van der Waals surface area contributed by atoms with Crippen LogP contribution in [0.15, 0.2) is 29.8 Å². The Morgan fingerprint density at radius 1 is 1.28 bits per heavy atom. The number of hydrogen-bond acceptors (Lipinski definition) is 4. The molecule has 3 nitrogen and oxygen atoms in total. The molecular weight excluding hydrogens is 242 g/mol. The maximum atomic E-state index is 4.28. The van der Waals surface area contributed by atoms with Gasteiger partial charge in [0.1, 0.15) is 0 Å². The molecule has 94 valence electrons. The van der Waals surface area contributed by atoms with Gasteiger partial charge in [-0.05, 0) is 16.7 Å². The van der Waals surface area contributed by atoms with Gasteiger partial charge in [-0.15, -0.1) is 11.3 Å². The molecule has 0 fully saturated rings. The third kappa shape index (κ3) is 2.77. The first-order chi connectivity index (χ1) is 8.92. The summed E-state index contributed by atoms with van der Waals surface area (Å²) in [6.07, 6.45) is 2.89. The van der Waals surface area contributed by atoms with Crippen molar-refractivity contribution in [1.82, 2.24) is 15.6 Å². The minimum absolute atomic E-state index is 0.943. The summed E-state index contributed by atoms with van der Waals surface area (Å²) in [4.78, 5) is 4.28. The second-order valence-electron chi connectivity index (χ2n) is 4.56. The summed E-state index contributed by atoms with van der Waals surface area (Å²) >= 11 is 1.73. The lowest BCUT2D eigenvalue weighted by Crippen LogP contribution is -2.16. The smallest absolute Gasteiger partial charge is 0.0937 e. The second kappa shape index (κ2) is 5.61. The van der Waals surface area contributed by atoms with E-state index in [1.54, 1.807) is 11.3 Å². The number of thiazole rings is 1. The fourth-order valence-corrected chi connectivity index (χ4v) is 2.88. The molecule has 2 aromatic rings. The zero-order valence-corrected chi connectivity index (χ0v) is 11.1. The lowest BCUT2D eigenvalue weighted by atomic mass is 10.1. The van der Waals surface area contributed by atoms with Gasteiger partial charge in [-0.1, -0.05) is 18.2 Å². The van der Waals surface area contributed by atoms with E-state index < -0.39 is 0 Å². The minimum Gasteiger partial charge on any atom is -0.312 e. The monoisotopic (exact) mass is 259 g/mol. The van der Waals surface area contributed by atoms with Crippen LogP contribution in [0.4, 0.5) is 0 Å². The van der Waals surface area contributed by atoms with Gasteiger partial charge in [0.2, 0.25) is 0 Å². The van der Waals surface area contributed by atoms with Gasteiger partial charge in [0, 0.05) is 44.2 Å². The second-order valence-corrected chi connectivity index (χ2v) is 5.54. The molecule has 1 aromatic heterocycles. The third-order valence-corrected chi connectivity index (χ3v) is 4.07. The average molecular weight is 259 g/mol. The summed E-state index contributed by atoms with van der Waals surface area (Å²) in [6.45, 7) is 3.97. The van der Waals surface area contributed by atoms with Crippen LogP contribution in [0.5, 0.6) is 0 Å². The molecule has 0 atom stereocenters. The summed E-state index contributed by atoms with van der Waals surface area (Å²) in [7, 11) is 0. The number of aromatic nitrogens is 1. The summed E-state index contributed by atoms with van der Waals surface area (Å²) in [5.41, 5.74) is 4.27. The van der Waals surface area contributed by atoms with E-state index in [9.17, 15) is 0 Å². The molecule has 0 radical (unpaired) electrons. The number of nitrogens with zero attached hydrogens (tertiary/aromatic N) is 1. The van der Waals surface area contributed by atoms with E-state index in [-0.39, 0.29) is 0 Å². The van der Waals surface area contributed by atoms with Crippen molar-refractivity contribution in [2.45, 2.75) is 26.1 Å². The Hall–Kier alpha value is -1.23. The van der Waals surface area contributed by atoms with Crippen molar-refractivity contribution in [1.29, 1.82) is 0 Å². The van der Waals surface area contributed by atoms with Crippen molar-refractivity contribution < 1.29 is 0 Å². The standard InChI is InChI=1S/C14H17N3S/c1-2-12-9-16-10-13(12)7-11(1)8-15-4-3-14-17-5-6-18-14/h1-2,5-7,15-16H,3-4,8-10H2. The molecule has 3 rings (SSSR count). The van der Waals surface area contributed by atoms with E-state index in [1.165, 1.54) is 21.7 Å². The lowest BCUT2D eigenvalue weighted by molar-refractivity contribution is 0.684. The van der Waals surface area contributed by atoms with Crippen molar-refractivity contribution in [3.05, 3.63) is 51.5 Å². The highest BCUT2D eigenvalue weighted by atomic mass is 32.1. The Bertz CT molecular complexity index is 508. The van der Waals surface area contributed by atoms with E-state index in [4.69, 9.17) is 0 Å². The van der Waals surface area contributed by atoms with Gasteiger partial charge in [0.25, 0.3) is 0 Å². The van der Waals surface area contributed by atoms with E-state index >= 15 is 0 Å². The van der Waals surface area contributed by atoms with Gasteiger partial charge >= 0.3 is 0 Å². The van der Waals surface area contributed by atoms with Gasteiger partial charge in [0.05, 0.1) is 5.01 Å². The van der Waals surface area contributed by atoms with Crippen molar-refractivity contribution in [3.63, 3.8) is 0 Å². The van der Waals surface area contributed by atoms with Crippen molar-refractivity contribution in [2.75, 3.05) is 6.54 Å². The molecule has 1 aliphatic heterocycles. The van der Waals surface area contributed by atoms with Gasteiger partial charge in [-0.2, -0.15) is 0 Å². The van der Waals surface area contributed by atoms with E-state index in [0.29, 0.717) is 0 Å². The van der Waals surface area contributed by atoms with Crippen LogP contribution in [0.25, 0.3) is 0 Å². The summed E-state index contributed by atoms with van der Waals surface area (Å²) < 4.78 is 0. The van der Waals surface area contributed by atoms with E-state index in [0.717, 1.165) is 32.6 Å². The van der Waals surface area contributed by atoms with E-state index in [2.05, 4.69) is 33.8 Å². The summed E-state index contributed by atoms with van der Waals surface area (Å²) in [6, 6.07) is 6.78. The summed E-state index contributed by atoms with van der Waals surface area (Å²) in [5, 5.41) is 10.1. The molecule has 0 saturated carbocycles. The first-order valence-electron chi connectivity index (χ1n) is 6.32. The van der Waals surface area contributed by atoms with Crippen LogP contribution in [-0.4, -0.2) is 11.5 Å². The van der Waals surface area contributed by atoms with Crippen LogP contribution in [-0.2, 0) is 26.1 Å². The van der Waals surface area contributed by atoms with Crippen molar-refractivity contribution >= 4 is 11.3 Å². The zero-order chi connectivity index (χ0) is 12.2. The molecule has 2 heterocycles. The zero-order valence-electron chi connectivity index (χ0n) is 10.3. The Morgan fingerprint density at radius 2 is 2.22 bits per heavy atom. The molecule has 0 aliphatic carbocycles. The average Bonchev–Trinajstić information content (AvgIpc) is 3.05. The van der Waals surface area contributed by atoms with Crippen LogP contribution < -0.4 is 10.6 Å². The topological polar surface area (TPSA) is 37.0 Å². The van der Waals surface area contributed by atoms with Gasteiger partial charge in [-0.25, -0.2) is 4.98 Å². The molecular formula is C14H17N3S. The van der Waals surface area contributed by atoms with Crippen molar-refractivity contribution in [3.8, 4) is 0 Å². The molecule has 0 unspecified atom stereocenters. The molecule has 2 N–H and O–H groups in total. The highest BCUT2D eigenvalue weighted by Crippen LogP contribution is 2.16. The fraction of sp³-hybridized carbons (Fsp3) is 0.357. The highest BCUT2D eigenvalue weighted by molar-refractivity contribution is 7.09. The number of nitrogens with one attached hydrogen (secondary N) is 2. The first-order valence-corrected chi connectivity index (χ1v) is 7.20. The van der Waals surface area contributed by atoms with Crippen LogP contribution in [0.3, 0.4) is 0 Å². The Kier molecular flexibility index (Phi) is 3.69. The SMILES string of the molecule is c1csc(CCNCc2ccc3c(c2)CNC3)n1. The molecule has 0 saturated heterocycles. The Morgan fingerprint density at radius 3 is 3.11 bits per heavy atom. The number of benzene rings is 1. The van der Waals surface area contributed by atoms with Crippen LogP contribution >= 0.6 is 11.3 Å². The Labute approximate surface area is 111 Å². The first kappa shape index (κ1) is 11.8. The van der Waals surface area contributed by atoms with Crippen molar-refractivity contribution in [2.24, 2.45) is 0 Å². The molecule has 18 heavy (non-hydrogen) atoms. The maximum Gasteiger partial charge on any atom is 0.0937 e. The van der Waals surface area contributed by atoms with E-state index in [1.807, 2.05) is 11.6 Å². The van der Waals surface area contributed by atoms with Crippen LogP contribution in [0.2, 0.25) is 0 Å². The van der Waals surface area contributed by atoms with Crippen LogP contribution in [0.1, 0.15) is 21.7 Å². The summed E-state index contributed by atoms with van der Waals surface area (Å²) in [5.74, 6) is 0. The van der Waals surface area contributed by atoms with Crippen LogP contribution in [0, 0.1) is 0 Å². The normalized spacial score (nSPS) is 13.8. The van der Waals surface area contributed by atoms with Gasteiger partial charge in [0.15, 0.2) is 0 Å². The molecule has 4 heteroatoms. The third-order valence-electron chi connectivity index (χ3n) is 3.23. The molecule has 0 spiro atoms. The molecule has 1 aliphatic rings. The largest absolute Gasteiger partial charge is 0.312 e. The lowest BCUT2D eigenvalue weighted by Gasteiger charge is -2.06. The maximum absolute atomic E-state index is 4.28. The van der Waals surface area contributed by atoms with Gasteiger partial charge < -0.3 is 10.6 Å². The predicted octanol–water partition coefficient (Wildman–Crippen LogP) is 2.08. The molecule has 1 aromatic carbocycles. The molecule has 0 amide bonds. The Balaban J connectivity index is 1.48. The molecule has 0 bridgehead atoms. The quantitative estimate of drug-likeness (QED) is 0.807. The fourth-order valence-electron chi connectivity index (χ4n) is 2.26. The number of rotatable bonds is 5. The highest BCUT2D eigenvalue weighted by Gasteiger charge is 2.09. The number of hydrogen-bond donors (Lipinski definition) is 2. The van der Waals surface area contributed by atoms with Gasteiger partial charge in [-0.3, -0.25) is 0 Å².